The van der Waals surface area contributed by atoms with E-state index in [0.29, 0.717) is 13.1 Å². The van der Waals surface area contributed by atoms with Crippen molar-refractivity contribution in [2.75, 3.05) is 18.1 Å². The summed E-state index contributed by atoms with van der Waals surface area (Å²) in [5.74, 6) is 2.75. The quantitative estimate of drug-likeness (QED) is 0.832. The van der Waals surface area contributed by atoms with Crippen LogP contribution in [0.1, 0.15) is 23.4 Å². The lowest BCUT2D eigenvalue weighted by atomic mass is 10.0. The minimum absolute atomic E-state index is 0.524. The lowest BCUT2D eigenvalue weighted by Gasteiger charge is -2.21. The fraction of sp³-hybridized carbons (Fsp3) is 0.727. The molecule has 0 amide bonds. The third kappa shape index (κ3) is 2.59. The fourth-order valence-corrected chi connectivity index (χ4v) is 3.21. The zero-order valence-corrected chi connectivity index (χ0v) is 10.6. The van der Waals surface area contributed by atoms with E-state index >= 15 is 0 Å². The molecule has 1 aliphatic rings. The van der Waals surface area contributed by atoms with Crippen molar-refractivity contribution < 1.29 is 9.63 Å². The Bertz CT molecular complexity index is 339. The molecule has 1 fully saturated rings. The van der Waals surface area contributed by atoms with Crippen molar-refractivity contribution in [2.45, 2.75) is 32.4 Å². The molecule has 2 N–H and O–H groups in total. The maximum Gasteiger partial charge on any atom is 0.138 e. The zero-order chi connectivity index (χ0) is 11.6. The largest absolute Gasteiger partial charge is 0.388 e. The lowest BCUT2D eigenvalue weighted by Crippen LogP contribution is -2.40. The van der Waals surface area contributed by atoms with E-state index in [1.165, 1.54) is 0 Å². The smallest absolute Gasteiger partial charge is 0.138 e. The monoisotopic (exact) mass is 242 g/mol. The number of rotatable bonds is 4. The molecule has 0 aromatic carbocycles. The van der Waals surface area contributed by atoms with E-state index in [-0.39, 0.29) is 0 Å². The summed E-state index contributed by atoms with van der Waals surface area (Å²) in [6.07, 6.45) is 0.881. The fourth-order valence-electron chi connectivity index (χ4n) is 1.91. The molecule has 0 saturated carbocycles. The molecule has 2 rings (SSSR count). The first-order valence-corrected chi connectivity index (χ1v) is 6.69. The third-order valence-corrected chi connectivity index (χ3v) is 4.25. The third-order valence-electron chi connectivity index (χ3n) is 3.02. The van der Waals surface area contributed by atoms with Gasteiger partial charge in [-0.3, -0.25) is 0 Å². The number of hydrogen-bond donors (Lipinski definition) is 2. The molecular formula is C11H18N2O2S. The Morgan fingerprint density at radius 2 is 2.38 bits per heavy atom. The van der Waals surface area contributed by atoms with E-state index in [1.54, 1.807) is 0 Å². The predicted molar refractivity (Wildman–Crippen MR) is 64.6 cm³/mol. The SMILES string of the molecule is Cc1noc(C)c1CNCC1(O)CCSC1. The van der Waals surface area contributed by atoms with Crippen LogP contribution in [0.2, 0.25) is 0 Å². The highest BCUT2D eigenvalue weighted by Gasteiger charge is 2.31. The number of nitrogens with one attached hydrogen (secondary N) is 1. The highest BCUT2D eigenvalue weighted by Crippen LogP contribution is 2.27. The molecule has 1 aromatic heterocycles. The lowest BCUT2D eigenvalue weighted by molar-refractivity contribution is 0.0674. The summed E-state index contributed by atoms with van der Waals surface area (Å²) in [4.78, 5) is 0. The maximum atomic E-state index is 10.1. The van der Waals surface area contributed by atoms with Crippen LogP contribution in [0.4, 0.5) is 0 Å². The van der Waals surface area contributed by atoms with Crippen molar-refractivity contribution >= 4 is 11.8 Å². The van der Waals surface area contributed by atoms with E-state index in [1.807, 2.05) is 25.6 Å². The first-order valence-electron chi connectivity index (χ1n) is 5.53. The summed E-state index contributed by atoms with van der Waals surface area (Å²) >= 11 is 1.81. The van der Waals surface area contributed by atoms with Crippen LogP contribution in [-0.2, 0) is 6.54 Å². The van der Waals surface area contributed by atoms with Crippen molar-refractivity contribution in [3.8, 4) is 0 Å². The molecule has 0 aliphatic carbocycles. The van der Waals surface area contributed by atoms with Crippen LogP contribution in [0.15, 0.2) is 4.52 Å². The molecule has 16 heavy (non-hydrogen) atoms. The summed E-state index contributed by atoms with van der Waals surface area (Å²) in [5.41, 5.74) is 1.51. The van der Waals surface area contributed by atoms with Crippen molar-refractivity contribution in [1.82, 2.24) is 10.5 Å². The molecule has 0 radical (unpaired) electrons. The molecule has 1 unspecified atom stereocenters. The van der Waals surface area contributed by atoms with E-state index in [0.717, 1.165) is 34.9 Å². The van der Waals surface area contributed by atoms with Crippen LogP contribution in [0.5, 0.6) is 0 Å². The molecule has 1 saturated heterocycles. The van der Waals surface area contributed by atoms with Gasteiger partial charge in [-0.15, -0.1) is 0 Å². The molecule has 1 aliphatic heterocycles. The van der Waals surface area contributed by atoms with Crippen molar-refractivity contribution in [3.05, 3.63) is 17.0 Å². The normalized spacial score (nSPS) is 25.2. The van der Waals surface area contributed by atoms with Gasteiger partial charge in [0.05, 0.1) is 11.3 Å². The standard InChI is InChI=1S/C11H18N2O2S/c1-8-10(9(2)15-13-8)5-12-6-11(14)3-4-16-7-11/h12,14H,3-7H2,1-2H3. The van der Waals surface area contributed by atoms with E-state index in [4.69, 9.17) is 4.52 Å². The second-order valence-corrected chi connectivity index (χ2v) is 5.54. The number of aliphatic hydroxyl groups is 1. The Balaban J connectivity index is 1.84. The summed E-state index contributed by atoms with van der Waals surface area (Å²) in [6, 6.07) is 0. The Morgan fingerprint density at radius 1 is 1.56 bits per heavy atom. The number of thioether (sulfide) groups is 1. The van der Waals surface area contributed by atoms with Gasteiger partial charge in [0.2, 0.25) is 0 Å². The van der Waals surface area contributed by atoms with E-state index in [9.17, 15) is 5.11 Å². The first-order chi connectivity index (χ1) is 7.61. The second-order valence-electron chi connectivity index (χ2n) is 4.43. The van der Waals surface area contributed by atoms with Crippen LogP contribution in [-0.4, -0.2) is 33.9 Å². The van der Waals surface area contributed by atoms with Crippen LogP contribution in [0.25, 0.3) is 0 Å². The van der Waals surface area contributed by atoms with Gasteiger partial charge in [-0.25, -0.2) is 0 Å². The molecule has 90 valence electrons. The highest BCUT2D eigenvalue weighted by atomic mass is 32.2. The van der Waals surface area contributed by atoms with Gasteiger partial charge in [-0.1, -0.05) is 5.16 Å². The molecule has 5 heteroatoms. The second kappa shape index (κ2) is 4.77. The summed E-state index contributed by atoms with van der Waals surface area (Å²) in [6.45, 7) is 5.21. The van der Waals surface area contributed by atoms with Gasteiger partial charge in [0.25, 0.3) is 0 Å². The number of nitrogens with zero attached hydrogens (tertiary/aromatic N) is 1. The Labute approximate surface area is 99.8 Å². The van der Waals surface area contributed by atoms with Gasteiger partial charge >= 0.3 is 0 Å². The highest BCUT2D eigenvalue weighted by molar-refractivity contribution is 7.99. The summed E-state index contributed by atoms with van der Waals surface area (Å²) in [5, 5.41) is 17.3. The van der Waals surface area contributed by atoms with Gasteiger partial charge in [0.1, 0.15) is 5.76 Å². The zero-order valence-electron chi connectivity index (χ0n) is 9.75. The number of hydrogen-bond acceptors (Lipinski definition) is 5. The number of aryl methyl sites for hydroxylation is 2. The van der Waals surface area contributed by atoms with Crippen molar-refractivity contribution in [1.29, 1.82) is 0 Å². The summed E-state index contributed by atoms with van der Waals surface area (Å²) < 4.78 is 5.09. The van der Waals surface area contributed by atoms with Gasteiger partial charge in [0.15, 0.2) is 0 Å². The van der Waals surface area contributed by atoms with Crippen molar-refractivity contribution in [3.63, 3.8) is 0 Å². The minimum Gasteiger partial charge on any atom is -0.388 e. The molecule has 1 atom stereocenters. The van der Waals surface area contributed by atoms with Crippen LogP contribution >= 0.6 is 11.8 Å². The Morgan fingerprint density at radius 3 is 2.94 bits per heavy atom. The first kappa shape index (κ1) is 12.0. The topological polar surface area (TPSA) is 58.3 Å². The van der Waals surface area contributed by atoms with Crippen LogP contribution in [0.3, 0.4) is 0 Å². The predicted octanol–water partition coefficient (Wildman–Crippen LogP) is 1.25. The van der Waals surface area contributed by atoms with Gasteiger partial charge < -0.3 is 14.9 Å². The Hall–Kier alpha value is -0.520. The van der Waals surface area contributed by atoms with Gasteiger partial charge in [-0.2, -0.15) is 11.8 Å². The average molecular weight is 242 g/mol. The molecule has 1 aromatic rings. The number of aromatic nitrogens is 1. The van der Waals surface area contributed by atoms with Crippen LogP contribution in [0, 0.1) is 13.8 Å². The molecule has 4 nitrogen and oxygen atoms in total. The molecular weight excluding hydrogens is 224 g/mol. The Kier molecular flexibility index (Phi) is 3.56. The summed E-state index contributed by atoms with van der Waals surface area (Å²) in [7, 11) is 0. The average Bonchev–Trinajstić information content (AvgIpc) is 2.79. The van der Waals surface area contributed by atoms with E-state index in [2.05, 4.69) is 10.5 Å². The maximum absolute atomic E-state index is 10.1. The minimum atomic E-state index is -0.524. The van der Waals surface area contributed by atoms with Gasteiger partial charge in [0, 0.05) is 24.4 Å². The van der Waals surface area contributed by atoms with E-state index < -0.39 is 5.60 Å². The van der Waals surface area contributed by atoms with Crippen LogP contribution < -0.4 is 5.32 Å². The van der Waals surface area contributed by atoms with Gasteiger partial charge in [-0.05, 0) is 26.0 Å². The molecule has 0 spiro atoms. The van der Waals surface area contributed by atoms with Crippen molar-refractivity contribution in [2.24, 2.45) is 0 Å². The molecule has 2 heterocycles. The molecule has 0 bridgehead atoms.